The van der Waals surface area contributed by atoms with E-state index in [1.807, 2.05) is 38.0 Å². The number of aliphatic hydroxyl groups excluding tert-OH is 1. The van der Waals surface area contributed by atoms with Crippen LogP contribution in [-0.4, -0.2) is 41.6 Å². The zero-order chi connectivity index (χ0) is 27.9. The van der Waals surface area contributed by atoms with Gasteiger partial charge in [-0.3, -0.25) is 9.99 Å². The number of rotatable bonds is 8. The lowest BCUT2D eigenvalue weighted by Crippen LogP contribution is -2.45. The molecule has 0 spiro atoms. The largest absolute Gasteiger partial charge is 0.394 e. The van der Waals surface area contributed by atoms with Crippen LogP contribution >= 0.6 is 11.6 Å². The Labute approximate surface area is 233 Å². The van der Waals surface area contributed by atoms with Crippen LogP contribution in [0.15, 0.2) is 54.5 Å². The van der Waals surface area contributed by atoms with E-state index in [2.05, 4.69) is 32.6 Å². The highest BCUT2D eigenvalue weighted by atomic mass is 35.5. The van der Waals surface area contributed by atoms with E-state index in [9.17, 15) is 14.8 Å². The van der Waals surface area contributed by atoms with Crippen LogP contribution in [0, 0.1) is 22.6 Å². The van der Waals surface area contributed by atoms with Crippen molar-refractivity contribution in [2.24, 2.45) is 5.41 Å². The van der Waals surface area contributed by atoms with E-state index < -0.39 is 5.44 Å². The van der Waals surface area contributed by atoms with E-state index in [-0.39, 0.29) is 23.9 Å². The first-order valence-electron chi connectivity index (χ1n) is 12.8. The predicted octanol–water partition coefficient (Wildman–Crippen LogP) is 4.48. The van der Waals surface area contributed by atoms with Gasteiger partial charge in [0, 0.05) is 29.5 Å². The van der Waals surface area contributed by atoms with Crippen molar-refractivity contribution in [2.45, 2.75) is 51.1 Å². The summed E-state index contributed by atoms with van der Waals surface area (Å²) in [4.78, 5) is 4.43. The molecule has 1 fully saturated rings. The lowest BCUT2D eigenvalue weighted by atomic mass is 9.69. The van der Waals surface area contributed by atoms with Gasteiger partial charge in [-0.15, -0.1) is 5.53 Å². The molecule has 0 bridgehead atoms. The first-order chi connectivity index (χ1) is 18.5. The molecule has 2 radical (unpaired) electrons. The number of pyridine rings is 1. The lowest BCUT2D eigenvalue weighted by molar-refractivity contribution is 0.202. The number of nitrogens with zero attached hydrogens (tertiary/aromatic N) is 3. The van der Waals surface area contributed by atoms with Crippen molar-refractivity contribution in [2.75, 3.05) is 17.2 Å². The van der Waals surface area contributed by atoms with Gasteiger partial charge in [0.15, 0.2) is 0 Å². The van der Waals surface area contributed by atoms with Crippen molar-refractivity contribution in [1.29, 1.82) is 5.26 Å². The SMILES string of the molecule is [B]C(Nc1cc(Cl)c2ncc(C#N)c(N[C@@H](CO)C(C)(C)C)c2c1)(C1=CN(C2CC2)NN1)c1ccc(F)cc1. The molecule has 11 heteroatoms. The molecule has 0 amide bonds. The van der Waals surface area contributed by atoms with Crippen molar-refractivity contribution in [1.82, 2.24) is 21.0 Å². The second kappa shape index (κ2) is 10.2. The molecule has 3 aromatic rings. The highest BCUT2D eigenvalue weighted by Crippen LogP contribution is 2.39. The number of nitrogens with one attached hydrogen (secondary N) is 4. The second-order valence-corrected chi connectivity index (χ2v) is 11.5. The summed E-state index contributed by atoms with van der Waals surface area (Å²) >= 11 is 6.71. The second-order valence-electron chi connectivity index (χ2n) is 11.1. The highest BCUT2D eigenvalue weighted by molar-refractivity contribution is 6.36. The van der Waals surface area contributed by atoms with Crippen LogP contribution < -0.4 is 21.6 Å². The molecule has 39 heavy (non-hydrogen) atoms. The van der Waals surface area contributed by atoms with Crippen molar-refractivity contribution < 1.29 is 9.50 Å². The van der Waals surface area contributed by atoms with E-state index >= 15 is 0 Å². The Kier molecular flexibility index (Phi) is 7.10. The first-order valence-corrected chi connectivity index (χ1v) is 13.2. The summed E-state index contributed by atoms with van der Waals surface area (Å²) in [5, 5.41) is 29.6. The zero-order valence-electron chi connectivity index (χ0n) is 22.0. The highest BCUT2D eigenvalue weighted by Gasteiger charge is 2.38. The van der Waals surface area contributed by atoms with E-state index in [0.29, 0.717) is 50.2 Å². The molecule has 2 aliphatic rings. The van der Waals surface area contributed by atoms with Crippen LogP contribution in [0.1, 0.15) is 44.7 Å². The lowest BCUT2D eigenvalue weighted by Gasteiger charge is -2.34. The molecule has 5 rings (SSSR count). The van der Waals surface area contributed by atoms with E-state index in [1.54, 1.807) is 18.2 Å². The molecule has 2 heterocycles. The van der Waals surface area contributed by atoms with Crippen LogP contribution in [0.25, 0.3) is 10.9 Å². The Morgan fingerprint density at radius 1 is 1.28 bits per heavy atom. The van der Waals surface area contributed by atoms with E-state index in [0.717, 1.165) is 12.8 Å². The summed E-state index contributed by atoms with van der Waals surface area (Å²) in [6, 6.07) is 11.7. The minimum atomic E-state index is -1.30. The molecule has 200 valence electrons. The molecule has 2 aromatic carbocycles. The summed E-state index contributed by atoms with van der Waals surface area (Å²) < 4.78 is 13.8. The van der Waals surface area contributed by atoms with Gasteiger partial charge in [0.1, 0.15) is 19.7 Å². The molecule has 1 unspecified atom stereocenters. The van der Waals surface area contributed by atoms with Crippen molar-refractivity contribution >= 4 is 41.7 Å². The first kappa shape index (κ1) is 27.1. The van der Waals surface area contributed by atoms with Crippen LogP contribution in [-0.2, 0) is 5.44 Å². The molecule has 1 saturated carbocycles. The van der Waals surface area contributed by atoms with Crippen LogP contribution in [0.3, 0.4) is 0 Å². The monoisotopic (exact) mass is 545 g/mol. The quantitative estimate of drug-likeness (QED) is 0.264. The molecule has 8 nitrogen and oxygen atoms in total. The third kappa shape index (κ3) is 5.35. The maximum atomic E-state index is 13.8. The Morgan fingerprint density at radius 3 is 2.62 bits per heavy atom. The number of aromatic nitrogens is 1. The van der Waals surface area contributed by atoms with Crippen molar-refractivity contribution in [3.63, 3.8) is 0 Å². The Balaban J connectivity index is 1.61. The molecule has 0 saturated heterocycles. The summed E-state index contributed by atoms with van der Waals surface area (Å²) in [5.74, 6) is -0.371. The molecule has 1 aliphatic carbocycles. The smallest absolute Gasteiger partial charge is 0.123 e. The summed E-state index contributed by atoms with van der Waals surface area (Å²) in [5.41, 5.74) is 7.85. The van der Waals surface area contributed by atoms with Gasteiger partial charge in [-0.2, -0.15) is 5.26 Å². The van der Waals surface area contributed by atoms with Crippen molar-refractivity contribution in [3.05, 3.63) is 76.5 Å². The van der Waals surface area contributed by atoms with Gasteiger partial charge in [-0.05, 0) is 48.1 Å². The van der Waals surface area contributed by atoms with Gasteiger partial charge >= 0.3 is 0 Å². The molecule has 1 aliphatic heterocycles. The number of hydrazine groups is 2. The average Bonchev–Trinajstić information content (AvgIpc) is 3.62. The van der Waals surface area contributed by atoms with Gasteiger partial charge in [-0.1, -0.05) is 44.5 Å². The number of fused-ring (bicyclic) bond motifs is 1. The topological polar surface area (TPSA) is 108 Å². The molecular formula is C28H30BClFN7O. The third-order valence-electron chi connectivity index (χ3n) is 7.19. The number of nitriles is 1. The van der Waals surface area contributed by atoms with Crippen LogP contribution in [0.2, 0.25) is 5.02 Å². The minimum absolute atomic E-state index is 0.134. The van der Waals surface area contributed by atoms with Gasteiger partial charge in [0.2, 0.25) is 0 Å². The predicted molar refractivity (Wildman–Crippen MR) is 152 cm³/mol. The number of hydrogen-bond acceptors (Lipinski definition) is 8. The average molecular weight is 546 g/mol. The Hall–Kier alpha value is -3.52. The zero-order valence-corrected chi connectivity index (χ0v) is 22.8. The summed E-state index contributed by atoms with van der Waals surface area (Å²) in [7, 11) is 7.05. The number of halogens is 2. The maximum absolute atomic E-state index is 13.8. The van der Waals surface area contributed by atoms with Crippen molar-refractivity contribution in [3.8, 4) is 6.07 Å². The Bertz CT molecular complexity index is 1470. The minimum Gasteiger partial charge on any atom is -0.394 e. The summed E-state index contributed by atoms with van der Waals surface area (Å²) in [6.45, 7) is 5.87. The van der Waals surface area contributed by atoms with Crippen LogP contribution in [0.5, 0.6) is 0 Å². The van der Waals surface area contributed by atoms with Gasteiger partial charge in [0.25, 0.3) is 0 Å². The van der Waals surface area contributed by atoms with E-state index in [4.69, 9.17) is 19.4 Å². The van der Waals surface area contributed by atoms with Gasteiger partial charge < -0.3 is 21.2 Å². The van der Waals surface area contributed by atoms with E-state index in [1.165, 1.54) is 18.3 Å². The normalized spacial score (nSPS) is 17.7. The fraction of sp³-hybridized carbons (Fsp3) is 0.357. The molecule has 5 N–H and O–H groups in total. The molecular weight excluding hydrogens is 516 g/mol. The third-order valence-corrected chi connectivity index (χ3v) is 7.47. The number of anilines is 2. The molecule has 2 atom stereocenters. The number of benzene rings is 2. The standard InChI is InChI=1S/C28H30BClFN7O/c1-27(2,3)24(15-39)34-25-16(12-32)13-33-26-21(25)10-19(11-22(26)30)35-28(29,17-4-6-18(31)7-5-17)23-14-38(37-36-23)20-8-9-20/h4-7,10-11,13-14,20,24,35-37,39H,8-9,15H2,1-3H3,(H,33,34)/t24-,28?/m0/s1. The number of aliphatic hydroxyl groups is 1. The fourth-order valence-corrected chi connectivity index (χ4v) is 4.86. The fourth-order valence-electron chi connectivity index (χ4n) is 4.60. The number of hydrogen-bond donors (Lipinski definition) is 5. The van der Waals surface area contributed by atoms with Crippen LogP contribution in [0.4, 0.5) is 15.8 Å². The summed E-state index contributed by atoms with van der Waals surface area (Å²) in [6.07, 6.45) is 5.54. The Morgan fingerprint density at radius 2 is 2.00 bits per heavy atom. The maximum Gasteiger partial charge on any atom is 0.123 e. The molecule has 1 aromatic heterocycles. The van der Waals surface area contributed by atoms with Gasteiger partial charge in [0.05, 0.1) is 45.6 Å². The van der Waals surface area contributed by atoms with Gasteiger partial charge in [-0.25, -0.2) is 4.39 Å².